The van der Waals surface area contributed by atoms with Crippen molar-refractivity contribution in [1.82, 2.24) is 19.7 Å². The molecule has 0 saturated heterocycles. The number of hydrogen-bond donors (Lipinski definition) is 3. The Balaban J connectivity index is 1.62. The number of halogens is 1. The highest BCUT2D eigenvalue weighted by atomic mass is 19.1. The molecule has 0 spiro atoms. The summed E-state index contributed by atoms with van der Waals surface area (Å²) in [4.78, 5) is 19.5. The van der Waals surface area contributed by atoms with Gasteiger partial charge in [-0.25, -0.2) is 14.2 Å². The minimum absolute atomic E-state index is 0.0296. The number of aromatic nitrogens is 4. The van der Waals surface area contributed by atoms with Crippen LogP contribution in [0, 0.1) is 11.2 Å². The molecule has 2 aromatic carbocycles. The number of methoxy groups -OCH3 is 1. The van der Waals surface area contributed by atoms with Crippen molar-refractivity contribution < 1.29 is 18.6 Å². The lowest BCUT2D eigenvalue weighted by molar-refractivity contribution is -0.0180. The predicted octanol–water partition coefficient (Wildman–Crippen LogP) is 2.63. The number of aromatic amines is 1. The van der Waals surface area contributed by atoms with Crippen molar-refractivity contribution in [3.8, 4) is 17.3 Å². The molecule has 0 aliphatic carbocycles. The number of ether oxygens (including phenoxy) is 3. The van der Waals surface area contributed by atoms with Crippen LogP contribution >= 0.6 is 0 Å². The average molecular weight is 490 g/mol. The van der Waals surface area contributed by atoms with Crippen molar-refractivity contribution in [3.05, 3.63) is 99.1 Å². The van der Waals surface area contributed by atoms with Gasteiger partial charge in [-0.3, -0.25) is 10.4 Å². The third-order valence-corrected chi connectivity index (χ3v) is 5.93. The Morgan fingerprint density at radius 2 is 2.11 bits per heavy atom. The maximum atomic E-state index is 14.4. The molecule has 1 aliphatic rings. The van der Waals surface area contributed by atoms with Crippen LogP contribution in [0.1, 0.15) is 34.0 Å². The van der Waals surface area contributed by atoms with Gasteiger partial charge in [0.25, 0.3) is 0 Å². The Labute approximate surface area is 205 Å². The van der Waals surface area contributed by atoms with Gasteiger partial charge in [-0.1, -0.05) is 24.3 Å². The van der Waals surface area contributed by atoms with E-state index in [0.717, 1.165) is 21.4 Å². The van der Waals surface area contributed by atoms with Gasteiger partial charge in [-0.15, -0.1) is 5.10 Å². The second-order valence-corrected chi connectivity index (χ2v) is 8.23. The number of nitrogens with two attached hydrogens (primary N) is 1. The monoisotopic (exact) mass is 490 g/mol. The lowest BCUT2D eigenvalue weighted by Gasteiger charge is -2.23. The van der Waals surface area contributed by atoms with E-state index in [-0.39, 0.29) is 18.4 Å². The zero-order chi connectivity index (χ0) is 25.2. The van der Waals surface area contributed by atoms with E-state index >= 15 is 0 Å². The van der Waals surface area contributed by atoms with Crippen molar-refractivity contribution in [2.45, 2.75) is 18.9 Å². The molecule has 1 atom stereocenters. The number of pyridine rings is 1. The minimum Gasteiger partial charge on any atom is -0.493 e. The summed E-state index contributed by atoms with van der Waals surface area (Å²) in [5.41, 5.74) is 8.07. The van der Waals surface area contributed by atoms with Crippen molar-refractivity contribution in [1.29, 1.82) is 5.41 Å². The molecule has 0 saturated carbocycles. The smallest absolute Gasteiger partial charge is 0.349 e. The lowest BCUT2D eigenvalue weighted by Crippen LogP contribution is -2.18. The number of rotatable bonds is 7. The summed E-state index contributed by atoms with van der Waals surface area (Å²) in [7, 11) is 1.55. The number of nitrogens with one attached hydrogen (secondary N) is 2. The molecule has 184 valence electrons. The van der Waals surface area contributed by atoms with Gasteiger partial charge in [0.1, 0.15) is 11.7 Å². The maximum absolute atomic E-state index is 14.4. The molecule has 5 rings (SSSR count). The summed E-state index contributed by atoms with van der Waals surface area (Å²) in [5, 5.41) is 12.0. The first-order chi connectivity index (χ1) is 17.4. The molecule has 1 aliphatic heterocycles. The van der Waals surface area contributed by atoms with Crippen molar-refractivity contribution >= 4 is 5.84 Å². The summed E-state index contributed by atoms with van der Waals surface area (Å²) in [5.74, 6) is 0.110. The highest BCUT2D eigenvalue weighted by molar-refractivity contribution is 5.94. The van der Waals surface area contributed by atoms with Gasteiger partial charge in [0.05, 0.1) is 13.7 Å². The molecule has 36 heavy (non-hydrogen) atoms. The van der Waals surface area contributed by atoms with Crippen molar-refractivity contribution in [2.24, 2.45) is 5.73 Å². The first kappa shape index (κ1) is 23.2. The van der Waals surface area contributed by atoms with Gasteiger partial charge in [0.2, 0.25) is 0 Å². The lowest BCUT2D eigenvalue weighted by atomic mass is 9.89. The van der Waals surface area contributed by atoms with Gasteiger partial charge < -0.3 is 19.9 Å². The molecular formula is C25H23FN6O4. The number of fused-ring (bicyclic) bond motifs is 1. The third kappa shape index (κ3) is 4.43. The van der Waals surface area contributed by atoms with E-state index in [1.807, 2.05) is 24.3 Å². The third-order valence-electron chi connectivity index (χ3n) is 5.93. The molecule has 3 heterocycles. The summed E-state index contributed by atoms with van der Waals surface area (Å²) in [6, 6.07) is 13.6. The summed E-state index contributed by atoms with van der Waals surface area (Å²) in [6.07, 6.45) is 1.82. The van der Waals surface area contributed by atoms with Crippen LogP contribution in [0.25, 0.3) is 5.82 Å². The van der Waals surface area contributed by atoms with Gasteiger partial charge in [-0.2, -0.15) is 4.68 Å². The Kier molecular flexibility index (Phi) is 6.21. The highest BCUT2D eigenvalue weighted by Gasteiger charge is 2.26. The number of hydrogen-bond acceptors (Lipinski definition) is 7. The van der Waals surface area contributed by atoms with Crippen LogP contribution < -0.4 is 20.9 Å². The summed E-state index contributed by atoms with van der Waals surface area (Å²) >= 11 is 0. The van der Waals surface area contributed by atoms with E-state index in [2.05, 4.69) is 15.1 Å². The first-order valence-corrected chi connectivity index (χ1v) is 11.1. The van der Waals surface area contributed by atoms with Gasteiger partial charge in [-0.05, 0) is 41.8 Å². The molecule has 4 N–H and O–H groups in total. The van der Waals surface area contributed by atoms with Crippen LogP contribution in [0.3, 0.4) is 0 Å². The highest BCUT2D eigenvalue weighted by Crippen LogP contribution is 2.39. The number of H-pyrrole nitrogens is 1. The first-order valence-electron chi connectivity index (χ1n) is 11.1. The van der Waals surface area contributed by atoms with Crippen LogP contribution in [-0.2, 0) is 17.8 Å². The van der Waals surface area contributed by atoms with Crippen molar-refractivity contribution in [2.75, 3.05) is 13.9 Å². The van der Waals surface area contributed by atoms with Crippen LogP contribution in [-0.4, -0.2) is 39.5 Å². The van der Waals surface area contributed by atoms with E-state index in [9.17, 15) is 9.18 Å². The zero-order valence-corrected chi connectivity index (χ0v) is 19.3. The van der Waals surface area contributed by atoms with E-state index in [4.69, 9.17) is 25.4 Å². The molecular weight excluding hydrogens is 467 g/mol. The second-order valence-electron chi connectivity index (χ2n) is 8.23. The predicted molar refractivity (Wildman–Crippen MR) is 128 cm³/mol. The second kappa shape index (κ2) is 9.62. The SMILES string of the molecule is COc1cc(C(Cc2ccc(C(=N)N)cc2)c2nn(-c3ncccc3F)c(=O)[nH]2)cc2c1OCOC2. The molecule has 0 radical (unpaired) electrons. The Hall–Kier alpha value is -4.51. The molecule has 1 unspecified atom stereocenters. The fourth-order valence-electron chi connectivity index (χ4n) is 4.16. The molecule has 11 heteroatoms. The number of nitrogen functional groups attached to an aromatic ring is 1. The van der Waals surface area contributed by atoms with Gasteiger partial charge >= 0.3 is 5.69 Å². The van der Waals surface area contributed by atoms with Crippen LogP contribution in [0.15, 0.2) is 59.5 Å². The fourth-order valence-corrected chi connectivity index (χ4v) is 4.16. The quantitative estimate of drug-likeness (QED) is 0.267. The van der Waals surface area contributed by atoms with Crippen LogP contribution in [0.5, 0.6) is 11.5 Å². The molecule has 0 amide bonds. The molecule has 10 nitrogen and oxygen atoms in total. The standard InChI is InChI=1S/C25H23FN6O4/c1-34-20-11-16(10-17-12-35-13-36-21(17)20)18(9-14-4-6-15(7-5-14)22(27)28)23-30-25(33)32(31-23)24-19(26)3-2-8-29-24/h2-8,10-11,18H,9,12-13H2,1H3,(H3,27,28)(H,30,31,33). The average Bonchev–Trinajstić information content (AvgIpc) is 3.27. The number of amidine groups is 1. The number of benzene rings is 2. The summed E-state index contributed by atoms with van der Waals surface area (Å²) in [6.45, 7) is 0.464. The Bertz CT molecular complexity index is 1460. The molecule has 0 fully saturated rings. The summed E-state index contributed by atoms with van der Waals surface area (Å²) < 4.78 is 31.9. The Morgan fingerprint density at radius 1 is 1.31 bits per heavy atom. The van der Waals surface area contributed by atoms with E-state index in [0.29, 0.717) is 35.9 Å². The van der Waals surface area contributed by atoms with Crippen LogP contribution in [0.2, 0.25) is 0 Å². The molecule has 0 bridgehead atoms. The largest absolute Gasteiger partial charge is 0.493 e. The van der Waals surface area contributed by atoms with Crippen molar-refractivity contribution in [3.63, 3.8) is 0 Å². The zero-order valence-electron chi connectivity index (χ0n) is 19.3. The maximum Gasteiger partial charge on any atom is 0.349 e. The van der Waals surface area contributed by atoms with E-state index in [1.54, 1.807) is 19.2 Å². The topological polar surface area (TPSA) is 141 Å². The molecule has 4 aromatic rings. The normalized spacial score (nSPS) is 13.5. The minimum atomic E-state index is -0.668. The number of nitrogens with zero attached hydrogens (tertiary/aromatic N) is 3. The van der Waals surface area contributed by atoms with E-state index < -0.39 is 17.4 Å². The fraction of sp³-hybridized carbons (Fsp3) is 0.200. The van der Waals surface area contributed by atoms with E-state index in [1.165, 1.54) is 18.3 Å². The Morgan fingerprint density at radius 3 is 2.83 bits per heavy atom. The molecule has 2 aromatic heterocycles. The van der Waals surface area contributed by atoms with Crippen LogP contribution in [0.4, 0.5) is 4.39 Å². The van der Waals surface area contributed by atoms with Gasteiger partial charge in [0, 0.05) is 23.2 Å². The van der Waals surface area contributed by atoms with Gasteiger partial charge in [0.15, 0.2) is 29.9 Å².